The second kappa shape index (κ2) is 13.5. The average molecular weight is 434 g/mol. The van der Waals surface area contributed by atoms with Crippen LogP contribution in [-0.2, 0) is 24.0 Å². The summed E-state index contributed by atoms with van der Waals surface area (Å²) in [6.45, 7) is 1.60. The third-order valence-corrected chi connectivity index (χ3v) is 4.41. The lowest BCUT2D eigenvalue weighted by molar-refractivity contribution is -0.144. The minimum absolute atomic E-state index is 0.200. The molecule has 3 amide bonds. The first-order chi connectivity index (χ1) is 14.0. The molecule has 30 heavy (non-hydrogen) atoms. The number of carboxylic acids is 2. The van der Waals surface area contributed by atoms with Crippen molar-refractivity contribution in [2.75, 3.05) is 13.2 Å². The van der Waals surface area contributed by atoms with Gasteiger partial charge in [0.15, 0.2) is 0 Å². The van der Waals surface area contributed by atoms with Gasteiger partial charge in [-0.25, -0.2) is 4.79 Å². The zero-order valence-corrected chi connectivity index (χ0v) is 16.8. The highest BCUT2D eigenvalue weighted by molar-refractivity contribution is 5.94. The smallest absolute Gasteiger partial charge is 0.326 e. The van der Waals surface area contributed by atoms with Crippen molar-refractivity contribution < 1.29 is 44.4 Å². The maximum atomic E-state index is 12.3. The molecule has 0 rings (SSSR count). The Bertz CT molecular complexity index is 628. The minimum Gasteiger partial charge on any atom is -0.481 e. The fourth-order valence-corrected chi connectivity index (χ4v) is 2.29. The van der Waals surface area contributed by atoms with Crippen molar-refractivity contribution >= 4 is 29.7 Å². The fourth-order valence-electron chi connectivity index (χ4n) is 2.29. The Morgan fingerprint density at radius 1 is 0.867 bits per heavy atom. The van der Waals surface area contributed by atoms with Crippen molar-refractivity contribution in [1.82, 2.24) is 16.0 Å². The molecule has 0 bridgehead atoms. The van der Waals surface area contributed by atoms with E-state index in [0.717, 1.165) is 0 Å². The molecule has 172 valence electrons. The number of carboxylic acid groups (broad SMARTS) is 2. The molecule has 0 saturated heterocycles. The maximum Gasteiger partial charge on any atom is 0.326 e. The van der Waals surface area contributed by atoms with E-state index >= 15 is 0 Å². The van der Waals surface area contributed by atoms with Crippen LogP contribution in [0, 0.1) is 5.92 Å². The molecule has 13 nitrogen and oxygen atoms in total. The van der Waals surface area contributed by atoms with E-state index in [1.807, 2.05) is 0 Å². The summed E-state index contributed by atoms with van der Waals surface area (Å²) in [5.74, 6) is -5.74. The molecule has 5 unspecified atom stereocenters. The number of amides is 3. The second-order valence-corrected chi connectivity index (χ2v) is 6.74. The highest BCUT2D eigenvalue weighted by Crippen LogP contribution is 2.08. The summed E-state index contributed by atoms with van der Waals surface area (Å²) in [5, 5.41) is 43.0. The van der Waals surface area contributed by atoms with Crippen LogP contribution >= 0.6 is 0 Å². The molecule has 5 atom stereocenters. The van der Waals surface area contributed by atoms with Crippen LogP contribution in [0.4, 0.5) is 0 Å². The third kappa shape index (κ3) is 9.15. The van der Waals surface area contributed by atoms with Crippen LogP contribution in [0.3, 0.4) is 0 Å². The van der Waals surface area contributed by atoms with Crippen LogP contribution in [0.5, 0.6) is 0 Å². The first-order valence-electron chi connectivity index (χ1n) is 9.31. The SMILES string of the molecule is CCC(C)C(NC(=O)C(CO)NC(=O)C(CO)NC(=O)C(N)CCC(=O)O)C(=O)O. The molecule has 0 aliphatic carbocycles. The van der Waals surface area contributed by atoms with E-state index in [9.17, 15) is 39.3 Å². The molecule has 0 aromatic rings. The molecular formula is C17H30N4O9. The molecule has 9 N–H and O–H groups in total. The standard InChI is InChI=1S/C17H30N4O9/c1-3-8(2)13(17(29)30)21-16(28)11(7-23)20-15(27)10(6-22)19-14(26)9(18)4-5-12(24)25/h8-11,13,22-23H,3-7,18H2,1-2H3,(H,19,26)(H,20,27)(H,21,28)(H,24,25)(H,29,30). The lowest BCUT2D eigenvalue weighted by atomic mass is 9.99. The first-order valence-corrected chi connectivity index (χ1v) is 9.31. The normalized spacial score (nSPS) is 15.8. The number of hydrogen-bond acceptors (Lipinski definition) is 8. The number of carbonyl (C=O) groups excluding carboxylic acids is 3. The Balaban J connectivity index is 5.00. The molecule has 0 aliphatic rings. The lowest BCUT2D eigenvalue weighted by Crippen LogP contribution is -2.59. The van der Waals surface area contributed by atoms with Crippen LogP contribution < -0.4 is 21.7 Å². The lowest BCUT2D eigenvalue weighted by Gasteiger charge is -2.25. The number of nitrogens with two attached hydrogens (primary N) is 1. The molecule has 0 aliphatic heterocycles. The molecule has 0 fully saturated rings. The Morgan fingerprint density at radius 3 is 1.73 bits per heavy atom. The number of rotatable bonds is 14. The number of hydrogen-bond donors (Lipinski definition) is 8. The monoisotopic (exact) mass is 434 g/mol. The maximum absolute atomic E-state index is 12.3. The van der Waals surface area contributed by atoms with Crippen LogP contribution in [0.15, 0.2) is 0 Å². The van der Waals surface area contributed by atoms with E-state index in [1.165, 1.54) is 0 Å². The van der Waals surface area contributed by atoms with Crippen molar-refractivity contribution in [1.29, 1.82) is 0 Å². The van der Waals surface area contributed by atoms with Gasteiger partial charge in [0.2, 0.25) is 17.7 Å². The second-order valence-electron chi connectivity index (χ2n) is 6.74. The Hall–Kier alpha value is -2.77. The van der Waals surface area contributed by atoms with Crippen molar-refractivity contribution in [3.8, 4) is 0 Å². The Labute approximate surface area is 173 Å². The predicted molar refractivity (Wildman–Crippen MR) is 102 cm³/mol. The summed E-state index contributed by atoms with van der Waals surface area (Å²) in [7, 11) is 0. The molecule has 0 heterocycles. The Morgan fingerprint density at radius 2 is 1.33 bits per heavy atom. The zero-order valence-electron chi connectivity index (χ0n) is 16.8. The number of carbonyl (C=O) groups is 5. The summed E-state index contributed by atoms with van der Waals surface area (Å²) in [6, 6.07) is -5.55. The van der Waals surface area contributed by atoms with E-state index in [4.69, 9.17) is 10.8 Å². The van der Waals surface area contributed by atoms with Crippen molar-refractivity contribution in [2.45, 2.75) is 57.3 Å². The van der Waals surface area contributed by atoms with Crippen LogP contribution in [0.2, 0.25) is 0 Å². The van der Waals surface area contributed by atoms with Crippen molar-refractivity contribution in [3.05, 3.63) is 0 Å². The summed E-state index contributed by atoms with van der Waals surface area (Å²) >= 11 is 0. The average Bonchev–Trinajstić information content (AvgIpc) is 2.70. The number of aliphatic hydroxyl groups excluding tert-OH is 2. The van der Waals surface area contributed by atoms with Gasteiger partial charge in [-0.2, -0.15) is 0 Å². The third-order valence-electron chi connectivity index (χ3n) is 4.41. The summed E-state index contributed by atoms with van der Waals surface area (Å²) in [6.07, 6.45) is -0.124. The van der Waals surface area contributed by atoms with Gasteiger partial charge in [-0.05, 0) is 12.3 Å². The van der Waals surface area contributed by atoms with E-state index in [1.54, 1.807) is 13.8 Å². The van der Waals surface area contributed by atoms with Gasteiger partial charge in [-0.1, -0.05) is 20.3 Å². The molecule has 0 aromatic heterocycles. The molecule has 0 saturated carbocycles. The van der Waals surface area contributed by atoms with Gasteiger partial charge < -0.3 is 42.1 Å². The van der Waals surface area contributed by atoms with Gasteiger partial charge in [-0.15, -0.1) is 0 Å². The number of aliphatic hydroxyl groups is 2. The fraction of sp³-hybridized carbons (Fsp3) is 0.706. The summed E-state index contributed by atoms with van der Waals surface area (Å²) < 4.78 is 0. The quantitative estimate of drug-likeness (QED) is 0.136. The predicted octanol–water partition coefficient (Wildman–Crippen LogP) is -3.25. The highest BCUT2D eigenvalue weighted by atomic mass is 16.4. The van der Waals surface area contributed by atoms with Crippen LogP contribution in [0.1, 0.15) is 33.1 Å². The molecule has 0 aromatic carbocycles. The molecule has 13 heteroatoms. The first kappa shape index (κ1) is 27.2. The van der Waals surface area contributed by atoms with E-state index in [0.29, 0.717) is 6.42 Å². The highest BCUT2D eigenvalue weighted by Gasteiger charge is 2.31. The van der Waals surface area contributed by atoms with Gasteiger partial charge in [0.05, 0.1) is 19.3 Å². The van der Waals surface area contributed by atoms with Gasteiger partial charge in [0, 0.05) is 6.42 Å². The van der Waals surface area contributed by atoms with Crippen molar-refractivity contribution in [2.24, 2.45) is 11.7 Å². The number of nitrogens with one attached hydrogen (secondary N) is 3. The van der Waals surface area contributed by atoms with Gasteiger partial charge in [0.1, 0.15) is 18.1 Å². The van der Waals surface area contributed by atoms with Crippen LogP contribution in [-0.4, -0.2) is 87.5 Å². The molecule has 0 spiro atoms. The topological polar surface area (TPSA) is 228 Å². The van der Waals surface area contributed by atoms with E-state index < -0.39 is 73.0 Å². The largest absolute Gasteiger partial charge is 0.481 e. The molecule has 0 radical (unpaired) electrons. The number of aliphatic carboxylic acids is 2. The summed E-state index contributed by atoms with van der Waals surface area (Å²) in [5.41, 5.74) is 5.52. The minimum atomic E-state index is -1.53. The molecular weight excluding hydrogens is 404 g/mol. The van der Waals surface area contributed by atoms with Gasteiger partial charge in [-0.3, -0.25) is 19.2 Å². The zero-order chi connectivity index (χ0) is 23.4. The van der Waals surface area contributed by atoms with Crippen LogP contribution in [0.25, 0.3) is 0 Å². The Kier molecular flexibility index (Phi) is 12.2. The van der Waals surface area contributed by atoms with E-state index in [-0.39, 0.29) is 12.8 Å². The summed E-state index contributed by atoms with van der Waals surface area (Å²) in [4.78, 5) is 58.3. The van der Waals surface area contributed by atoms with Gasteiger partial charge in [0.25, 0.3) is 0 Å². The van der Waals surface area contributed by atoms with E-state index in [2.05, 4.69) is 16.0 Å². The van der Waals surface area contributed by atoms with Gasteiger partial charge >= 0.3 is 11.9 Å². The van der Waals surface area contributed by atoms with Crippen molar-refractivity contribution in [3.63, 3.8) is 0 Å².